The van der Waals surface area contributed by atoms with Crippen molar-refractivity contribution in [2.24, 2.45) is 5.92 Å². The van der Waals surface area contributed by atoms with Crippen LogP contribution >= 0.6 is 58.1 Å². The molecule has 3 aromatic heterocycles. The lowest BCUT2D eigenvalue weighted by Crippen LogP contribution is -2.08. The first kappa shape index (κ1) is 19.9. The second-order valence-corrected chi connectivity index (χ2v) is 10.9. The van der Waals surface area contributed by atoms with Crippen molar-refractivity contribution < 1.29 is 0 Å². The van der Waals surface area contributed by atoms with E-state index in [1.807, 2.05) is 29.5 Å². The van der Waals surface area contributed by atoms with Crippen LogP contribution in [0.2, 0.25) is 10.0 Å². The number of thiophene rings is 1. The molecular formula is C20H18Cl2N4S3. The van der Waals surface area contributed by atoms with Crippen molar-refractivity contribution in [1.29, 1.82) is 0 Å². The summed E-state index contributed by atoms with van der Waals surface area (Å²) in [5.41, 5.74) is 3.47. The van der Waals surface area contributed by atoms with Gasteiger partial charge in [-0.3, -0.25) is 0 Å². The average molecular weight is 481 g/mol. The van der Waals surface area contributed by atoms with E-state index in [0.717, 1.165) is 50.9 Å². The molecule has 0 radical (unpaired) electrons. The van der Waals surface area contributed by atoms with E-state index in [1.165, 1.54) is 22.2 Å². The van der Waals surface area contributed by atoms with E-state index < -0.39 is 0 Å². The van der Waals surface area contributed by atoms with Crippen molar-refractivity contribution in [3.63, 3.8) is 0 Å². The van der Waals surface area contributed by atoms with Crippen LogP contribution in [-0.2, 0) is 18.6 Å². The zero-order chi connectivity index (χ0) is 20.1. The maximum atomic E-state index is 6.16. The monoisotopic (exact) mass is 480 g/mol. The van der Waals surface area contributed by atoms with E-state index in [2.05, 4.69) is 27.8 Å². The van der Waals surface area contributed by atoms with Gasteiger partial charge in [0.2, 0.25) is 0 Å². The molecule has 0 saturated carbocycles. The third-order valence-electron chi connectivity index (χ3n) is 5.27. The predicted octanol–water partition coefficient (Wildman–Crippen LogP) is 6.78. The van der Waals surface area contributed by atoms with Gasteiger partial charge in [0.25, 0.3) is 0 Å². The zero-order valence-electron chi connectivity index (χ0n) is 15.9. The fourth-order valence-electron chi connectivity index (χ4n) is 3.79. The summed E-state index contributed by atoms with van der Waals surface area (Å²) in [5.74, 6) is 1.48. The van der Waals surface area contributed by atoms with Crippen molar-refractivity contribution >= 4 is 73.9 Å². The Labute approximate surface area is 191 Å². The van der Waals surface area contributed by atoms with E-state index in [1.54, 1.807) is 23.5 Å². The minimum absolute atomic E-state index is 0.571. The topological polar surface area (TPSA) is 43.1 Å². The van der Waals surface area contributed by atoms with Crippen molar-refractivity contribution in [2.75, 3.05) is 6.26 Å². The van der Waals surface area contributed by atoms with Gasteiger partial charge in [0, 0.05) is 10.6 Å². The van der Waals surface area contributed by atoms with Crippen LogP contribution in [0.4, 0.5) is 0 Å². The maximum absolute atomic E-state index is 6.16. The van der Waals surface area contributed by atoms with Crippen LogP contribution in [0.15, 0.2) is 28.5 Å². The molecule has 4 aromatic rings. The molecule has 1 aliphatic rings. The van der Waals surface area contributed by atoms with Gasteiger partial charge in [-0.2, -0.15) is 0 Å². The number of aryl methyl sites for hydroxylation is 1. The normalized spacial score (nSPS) is 16.6. The summed E-state index contributed by atoms with van der Waals surface area (Å²) in [4.78, 5) is 7.54. The molecule has 3 heterocycles. The van der Waals surface area contributed by atoms with Gasteiger partial charge in [-0.15, -0.1) is 21.5 Å². The highest BCUT2D eigenvalue weighted by Crippen LogP contribution is 2.40. The van der Waals surface area contributed by atoms with Gasteiger partial charge in [-0.25, -0.2) is 9.38 Å². The van der Waals surface area contributed by atoms with E-state index in [4.69, 9.17) is 28.2 Å². The second-order valence-electron chi connectivity index (χ2n) is 7.31. The number of thioether (sulfide) groups is 2. The van der Waals surface area contributed by atoms with Crippen molar-refractivity contribution in [1.82, 2.24) is 19.6 Å². The summed E-state index contributed by atoms with van der Waals surface area (Å²) in [6.07, 6.45) is 5.52. The minimum Gasteiger partial charge on any atom is -0.248 e. The van der Waals surface area contributed by atoms with Crippen LogP contribution < -0.4 is 0 Å². The number of hydrogen-bond donors (Lipinski definition) is 0. The summed E-state index contributed by atoms with van der Waals surface area (Å²) in [7, 11) is 0. The molecule has 5 rings (SSSR count). The number of nitrogens with zero attached hydrogens (tertiary/aromatic N) is 4. The van der Waals surface area contributed by atoms with Gasteiger partial charge < -0.3 is 0 Å². The van der Waals surface area contributed by atoms with Gasteiger partial charge in [-0.1, -0.05) is 59.7 Å². The quantitative estimate of drug-likeness (QED) is 0.237. The smallest absolute Gasteiger partial charge is 0.198 e. The molecule has 0 bridgehead atoms. The summed E-state index contributed by atoms with van der Waals surface area (Å²) >= 11 is 17.3. The molecule has 150 valence electrons. The number of halogens is 2. The molecule has 0 amide bonds. The molecule has 9 heteroatoms. The Morgan fingerprint density at radius 1 is 1.21 bits per heavy atom. The highest BCUT2D eigenvalue weighted by atomic mass is 35.5. The lowest BCUT2D eigenvalue weighted by atomic mass is 9.89. The predicted molar refractivity (Wildman–Crippen MR) is 125 cm³/mol. The van der Waals surface area contributed by atoms with E-state index >= 15 is 0 Å². The lowest BCUT2D eigenvalue weighted by molar-refractivity contribution is 0.509. The van der Waals surface area contributed by atoms with Gasteiger partial charge in [-0.05, 0) is 54.7 Å². The Morgan fingerprint density at radius 3 is 2.86 bits per heavy atom. The van der Waals surface area contributed by atoms with E-state index in [0.29, 0.717) is 10.0 Å². The molecule has 0 N–H and O–H groups in total. The highest BCUT2D eigenvalue weighted by Gasteiger charge is 2.25. The summed E-state index contributed by atoms with van der Waals surface area (Å²) in [6.45, 7) is 2.33. The van der Waals surface area contributed by atoms with Crippen LogP contribution in [0.25, 0.3) is 15.9 Å². The van der Waals surface area contributed by atoms with Gasteiger partial charge >= 0.3 is 0 Å². The SMILES string of the molecule is CSc1nc2sc3c(c2c2nnc(SCc4ccc(Cl)c(Cl)c4)n12)CC[C@@H](C)C3. The van der Waals surface area contributed by atoms with Crippen molar-refractivity contribution in [3.05, 3.63) is 44.2 Å². The van der Waals surface area contributed by atoms with E-state index in [-0.39, 0.29) is 0 Å². The summed E-state index contributed by atoms with van der Waals surface area (Å²) < 4.78 is 2.11. The third kappa shape index (κ3) is 3.55. The molecule has 4 nitrogen and oxygen atoms in total. The molecular weight excluding hydrogens is 463 g/mol. The number of benzene rings is 1. The number of fused-ring (bicyclic) bond motifs is 5. The molecule has 0 saturated heterocycles. The van der Waals surface area contributed by atoms with Crippen LogP contribution in [0.5, 0.6) is 0 Å². The Morgan fingerprint density at radius 2 is 2.07 bits per heavy atom. The fraction of sp³-hybridized carbons (Fsp3) is 0.350. The lowest BCUT2D eigenvalue weighted by Gasteiger charge is -2.17. The summed E-state index contributed by atoms with van der Waals surface area (Å²) in [6, 6.07) is 5.73. The number of aromatic nitrogens is 4. The highest BCUT2D eigenvalue weighted by molar-refractivity contribution is 7.99. The molecule has 0 spiro atoms. The van der Waals surface area contributed by atoms with Crippen LogP contribution in [0, 0.1) is 5.92 Å². The molecule has 0 fully saturated rings. The maximum Gasteiger partial charge on any atom is 0.198 e. The second kappa shape index (κ2) is 7.93. The Bertz CT molecular complexity index is 1230. The van der Waals surface area contributed by atoms with Crippen molar-refractivity contribution in [2.45, 2.75) is 42.3 Å². The first-order valence-electron chi connectivity index (χ1n) is 9.35. The summed E-state index contributed by atoms with van der Waals surface area (Å²) in [5, 5.41) is 13.2. The Balaban J connectivity index is 1.58. The standard InChI is InChI=1S/C20H18Cl2N4S3/c1-10-3-5-12-15(7-10)29-18-16(12)17-24-25-20(26(17)19(23-18)27-2)28-9-11-4-6-13(21)14(22)8-11/h4,6,8,10H,3,5,7,9H2,1-2H3/t10-/m1/s1. The first-order valence-corrected chi connectivity index (χ1v) is 13.1. The number of hydrogen-bond acceptors (Lipinski definition) is 6. The molecule has 0 aliphatic heterocycles. The number of rotatable bonds is 4. The van der Waals surface area contributed by atoms with Crippen LogP contribution in [-0.4, -0.2) is 25.8 Å². The molecule has 1 atom stereocenters. The Hall–Kier alpha value is -0.990. The first-order chi connectivity index (χ1) is 14.0. The molecule has 0 unspecified atom stereocenters. The Kier molecular flexibility index (Phi) is 5.45. The van der Waals surface area contributed by atoms with Gasteiger partial charge in [0.15, 0.2) is 16.0 Å². The largest absolute Gasteiger partial charge is 0.248 e. The molecule has 29 heavy (non-hydrogen) atoms. The van der Waals surface area contributed by atoms with E-state index in [9.17, 15) is 0 Å². The minimum atomic E-state index is 0.571. The molecule has 1 aromatic carbocycles. The van der Waals surface area contributed by atoms with Crippen LogP contribution in [0.1, 0.15) is 29.3 Å². The third-order valence-corrected chi connectivity index (χ3v) is 8.80. The fourth-order valence-corrected chi connectivity index (χ4v) is 7.02. The van der Waals surface area contributed by atoms with Gasteiger partial charge in [0.05, 0.1) is 15.4 Å². The van der Waals surface area contributed by atoms with Crippen molar-refractivity contribution in [3.8, 4) is 0 Å². The zero-order valence-corrected chi connectivity index (χ0v) is 19.9. The van der Waals surface area contributed by atoms with Crippen LogP contribution in [0.3, 0.4) is 0 Å². The molecule has 1 aliphatic carbocycles. The van der Waals surface area contributed by atoms with Gasteiger partial charge in [0.1, 0.15) is 4.83 Å². The average Bonchev–Trinajstić information content (AvgIpc) is 3.28.